The van der Waals surface area contributed by atoms with Gasteiger partial charge in [-0.1, -0.05) is 24.3 Å². The molecule has 1 aromatic carbocycles. The van der Waals surface area contributed by atoms with Gasteiger partial charge >= 0.3 is 0 Å². The molecule has 0 aliphatic heterocycles. The van der Waals surface area contributed by atoms with Crippen molar-refractivity contribution in [1.29, 1.82) is 0 Å². The zero-order valence-corrected chi connectivity index (χ0v) is 10.8. The van der Waals surface area contributed by atoms with Gasteiger partial charge in [-0.3, -0.25) is 0 Å². The highest BCUT2D eigenvalue weighted by molar-refractivity contribution is 7.90. The molecule has 1 fully saturated rings. The second-order valence-corrected chi connectivity index (χ2v) is 7.14. The summed E-state index contributed by atoms with van der Waals surface area (Å²) in [6.07, 6.45) is 3.24. The summed E-state index contributed by atoms with van der Waals surface area (Å²) in [4.78, 5) is 0. The van der Waals surface area contributed by atoms with Crippen LogP contribution in [-0.4, -0.2) is 25.5 Å². The molecule has 1 atom stereocenters. The maximum atomic E-state index is 11.0. The molecule has 2 rings (SSSR count). The summed E-state index contributed by atoms with van der Waals surface area (Å²) in [5.41, 5.74) is 2.10. The monoisotopic (exact) mass is 254 g/mol. The van der Waals surface area contributed by atoms with Gasteiger partial charge in [-0.2, -0.15) is 0 Å². The number of aliphatic hydroxyl groups is 1. The minimum atomic E-state index is -3.00. The Labute approximate surface area is 102 Å². The van der Waals surface area contributed by atoms with E-state index in [2.05, 4.69) is 6.07 Å². The SMILES string of the molecule is CS(=O)(=O)CCC(O)c1cccc(C2CC2)c1. The van der Waals surface area contributed by atoms with Crippen molar-refractivity contribution in [3.63, 3.8) is 0 Å². The smallest absolute Gasteiger partial charge is 0.147 e. The topological polar surface area (TPSA) is 54.4 Å². The molecule has 1 saturated carbocycles. The van der Waals surface area contributed by atoms with Crippen LogP contribution in [0, 0.1) is 0 Å². The molecule has 0 spiro atoms. The van der Waals surface area contributed by atoms with Gasteiger partial charge < -0.3 is 5.11 Å². The highest BCUT2D eigenvalue weighted by Crippen LogP contribution is 2.40. The molecular weight excluding hydrogens is 236 g/mol. The van der Waals surface area contributed by atoms with Gasteiger partial charge in [-0.15, -0.1) is 0 Å². The van der Waals surface area contributed by atoms with Gasteiger partial charge in [-0.05, 0) is 36.3 Å². The van der Waals surface area contributed by atoms with Crippen LogP contribution in [0.4, 0.5) is 0 Å². The highest BCUT2D eigenvalue weighted by atomic mass is 32.2. The molecule has 1 aromatic rings. The molecular formula is C13H18O3S. The third-order valence-electron chi connectivity index (χ3n) is 3.11. The van der Waals surface area contributed by atoms with E-state index in [1.807, 2.05) is 18.2 Å². The summed E-state index contributed by atoms with van der Waals surface area (Å²) >= 11 is 0. The van der Waals surface area contributed by atoms with Gasteiger partial charge in [0.05, 0.1) is 11.9 Å². The molecule has 94 valence electrons. The van der Waals surface area contributed by atoms with Crippen molar-refractivity contribution in [2.75, 3.05) is 12.0 Å². The molecule has 0 radical (unpaired) electrons. The third kappa shape index (κ3) is 3.82. The van der Waals surface area contributed by atoms with E-state index in [1.54, 1.807) is 0 Å². The van der Waals surface area contributed by atoms with Gasteiger partial charge in [0.1, 0.15) is 9.84 Å². The zero-order valence-electron chi connectivity index (χ0n) is 9.96. The Morgan fingerprint density at radius 1 is 1.41 bits per heavy atom. The molecule has 0 amide bonds. The molecule has 3 nitrogen and oxygen atoms in total. The molecule has 0 aromatic heterocycles. The number of hydrogen-bond donors (Lipinski definition) is 1. The second kappa shape index (κ2) is 4.78. The number of hydrogen-bond acceptors (Lipinski definition) is 3. The van der Waals surface area contributed by atoms with Crippen molar-refractivity contribution in [3.05, 3.63) is 35.4 Å². The third-order valence-corrected chi connectivity index (χ3v) is 4.08. The molecule has 1 aliphatic carbocycles. The van der Waals surface area contributed by atoms with E-state index in [9.17, 15) is 13.5 Å². The van der Waals surface area contributed by atoms with Crippen LogP contribution < -0.4 is 0 Å². The molecule has 1 unspecified atom stereocenters. The Hall–Kier alpha value is -0.870. The first-order valence-corrected chi connectivity index (χ1v) is 7.97. The number of rotatable bonds is 5. The van der Waals surface area contributed by atoms with Crippen molar-refractivity contribution in [1.82, 2.24) is 0 Å². The van der Waals surface area contributed by atoms with Crippen LogP contribution in [0.2, 0.25) is 0 Å². The van der Waals surface area contributed by atoms with Gasteiger partial charge in [-0.25, -0.2) is 8.42 Å². The second-order valence-electron chi connectivity index (χ2n) is 4.88. The maximum Gasteiger partial charge on any atom is 0.147 e. The van der Waals surface area contributed by atoms with Crippen molar-refractivity contribution < 1.29 is 13.5 Å². The van der Waals surface area contributed by atoms with Crippen LogP contribution >= 0.6 is 0 Å². The largest absolute Gasteiger partial charge is 0.388 e. The average Bonchev–Trinajstić information content (AvgIpc) is 3.09. The fraction of sp³-hybridized carbons (Fsp3) is 0.538. The molecule has 0 heterocycles. The molecule has 0 bridgehead atoms. The maximum absolute atomic E-state index is 11.0. The first kappa shape index (κ1) is 12.6. The van der Waals surface area contributed by atoms with Crippen LogP contribution in [0.1, 0.15) is 42.4 Å². The van der Waals surface area contributed by atoms with Gasteiger partial charge in [0.25, 0.3) is 0 Å². The Kier molecular flexibility index (Phi) is 3.54. The van der Waals surface area contributed by atoms with E-state index >= 15 is 0 Å². The van der Waals surface area contributed by atoms with Crippen LogP contribution in [0.15, 0.2) is 24.3 Å². The summed E-state index contributed by atoms with van der Waals surface area (Å²) in [5.74, 6) is 0.680. The highest BCUT2D eigenvalue weighted by Gasteiger charge is 2.24. The van der Waals surface area contributed by atoms with E-state index in [0.29, 0.717) is 5.92 Å². The van der Waals surface area contributed by atoms with Crippen molar-refractivity contribution >= 4 is 9.84 Å². The number of benzene rings is 1. The average molecular weight is 254 g/mol. The van der Waals surface area contributed by atoms with E-state index in [-0.39, 0.29) is 12.2 Å². The molecule has 1 aliphatic rings. The van der Waals surface area contributed by atoms with Gasteiger partial charge in [0.2, 0.25) is 0 Å². The van der Waals surface area contributed by atoms with E-state index in [1.165, 1.54) is 24.7 Å². The van der Waals surface area contributed by atoms with Crippen molar-refractivity contribution in [2.45, 2.75) is 31.3 Å². The Morgan fingerprint density at radius 3 is 2.71 bits per heavy atom. The number of aliphatic hydroxyl groups excluding tert-OH is 1. The first-order valence-electron chi connectivity index (χ1n) is 5.91. The number of sulfone groups is 1. The Morgan fingerprint density at radius 2 is 2.12 bits per heavy atom. The van der Waals surface area contributed by atoms with Crippen molar-refractivity contribution in [2.24, 2.45) is 0 Å². The molecule has 17 heavy (non-hydrogen) atoms. The minimum absolute atomic E-state index is 0.0296. The minimum Gasteiger partial charge on any atom is -0.388 e. The fourth-order valence-electron chi connectivity index (χ4n) is 1.93. The zero-order chi connectivity index (χ0) is 12.5. The molecule has 0 saturated heterocycles. The van der Waals surface area contributed by atoms with E-state index in [0.717, 1.165) is 5.56 Å². The summed E-state index contributed by atoms with van der Waals surface area (Å²) in [5, 5.41) is 9.95. The van der Waals surface area contributed by atoms with Crippen LogP contribution in [0.5, 0.6) is 0 Å². The summed E-state index contributed by atoms with van der Waals surface area (Å²) in [6.45, 7) is 0. The van der Waals surface area contributed by atoms with Crippen LogP contribution in [-0.2, 0) is 9.84 Å². The summed E-state index contributed by atoms with van der Waals surface area (Å²) in [6, 6.07) is 7.88. The first-order chi connectivity index (χ1) is 7.96. The summed E-state index contributed by atoms with van der Waals surface area (Å²) < 4.78 is 22.1. The molecule has 4 heteroatoms. The van der Waals surface area contributed by atoms with Crippen LogP contribution in [0.3, 0.4) is 0 Å². The normalized spacial score (nSPS) is 18.0. The van der Waals surface area contributed by atoms with E-state index in [4.69, 9.17) is 0 Å². The van der Waals surface area contributed by atoms with Gasteiger partial charge in [0.15, 0.2) is 0 Å². The predicted molar refractivity (Wildman–Crippen MR) is 67.7 cm³/mol. The van der Waals surface area contributed by atoms with Crippen LogP contribution in [0.25, 0.3) is 0 Å². The lowest BCUT2D eigenvalue weighted by atomic mass is 10.0. The van der Waals surface area contributed by atoms with Crippen molar-refractivity contribution in [3.8, 4) is 0 Å². The molecule has 1 N–H and O–H groups in total. The Bertz CT molecular complexity index is 489. The lowest BCUT2D eigenvalue weighted by molar-refractivity contribution is 0.174. The Balaban J connectivity index is 2.03. The van der Waals surface area contributed by atoms with E-state index < -0.39 is 15.9 Å². The lowest BCUT2D eigenvalue weighted by Gasteiger charge is -2.11. The summed E-state index contributed by atoms with van der Waals surface area (Å²) in [7, 11) is -3.00. The fourth-order valence-corrected chi connectivity index (χ4v) is 2.58. The standard InChI is InChI=1S/C13H18O3S/c1-17(15,16)8-7-13(14)12-4-2-3-11(9-12)10-5-6-10/h2-4,9-10,13-14H,5-8H2,1H3. The predicted octanol–water partition coefficient (Wildman–Crippen LogP) is 2.03. The van der Waals surface area contributed by atoms with Gasteiger partial charge in [0, 0.05) is 6.26 Å². The lowest BCUT2D eigenvalue weighted by Crippen LogP contribution is -2.08. The quantitative estimate of drug-likeness (QED) is 0.874.